The molecule has 2 rings (SSSR count). The summed E-state index contributed by atoms with van der Waals surface area (Å²) in [6.07, 6.45) is 5.98. The summed E-state index contributed by atoms with van der Waals surface area (Å²) in [5, 5.41) is 10.2. The Hall–Kier alpha value is -2.64. The minimum Gasteiger partial charge on any atom is -0.488 e. The zero-order valence-electron chi connectivity index (χ0n) is 21.1. The zero-order chi connectivity index (χ0) is 27.5. The first kappa shape index (κ1) is 33.4. The Labute approximate surface area is 220 Å². The zero-order valence-corrected chi connectivity index (χ0v) is 22.7. The molecule has 1 aromatic heterocycles. The summed E-state index contributed by atoms with van der Waals surface area (Å²) in [5.41, 5.74) is 3.83. The van der Waals surface area contributed by atoms with Crippen LogP contribution in [0.3, 0.4) is 0 Å². The van der Waals surface area contributed by atoms with Crippen LogP contribution in [0.15, 0.2) is 54.2 Å². The lowest BCUT2D eigenvalue weighted by Gasteiger charge is -2.07. The van der Waals surface area contributed by atoms with Crippen LogP contribution in [0.2, 0.25) is 5.02 Å². The van der Waals surface area contributed by atoms with Crippen molar-refractivity contribution in [3.8, 4) is 11.8 Å². The van der Waals surface area contributed by atoms with E-state index in [2.05, 4.69) is 37.6 Å². The first-order valence-corrected chi connectivity index (χ1v) is 11.9. The Bertz CT molecular complexity index is 1030. The molecule has 1 aromatic carbocycles. The Balaban J connectivity index is 0.000000783. The minimum absolute atomic E-state index is 0.383. The summed E-state index contributed by atoms with van der Waals surface area (Å²) in [5.74, 6) is 0.617. The van der Waals surface area contributed by atoms with Crippen molar-refractivity contribution in [1.29, 1.82) is 5.26 Å². The molecule has 0 radical (unpaired) electrons. The second kappa shape index (κ2) is 19.5. The third-order valence-corrected chi connectivity index (χ3v) is 5.29. The Morgan fingerprint density at radius 3 is 2.39 bits per heavy atom. The number of nitrogens with zero attached hydrogens (tertiary/aromatic N) is 2. The van der Waals surface area contributed by atoms with Crippen molar-refractivity contribution in [3.05, 3.63) is 80.3 Å². The molecule has 0 fully saturated rings. The summed E-state index contributed by atoms with van der Waals surface area (Å²) in [4.78, 5) is 5.48. The van der Waals surface area contributed by atoms with E-state index in [4.69, 9.17) is 31.1 Å². The van der Waals surface area contributed by atoms with Gasteiger partial charge in [-0.2, -0.15) is 18.4 Å². The molecule has 0 atom stereocenters. The highest BCUT2D eigenvalue weighted by Gasteiger charge is 2.11. The van der Waals surface area contributed by atoms with E-state index in [1.165, 1.54) is 11.1 Å². The van der Waals surface area contributed by atoms with Gasteiger partial charge in [-0.1, -0.05) is 47.6 Å². The van der Waals surface area contributed by atoms with Crippen LogP contribution in [0.1, 0.15) is 41.9 Å². The van der Waals surface area contributed by atoms with Gasteiger partial charge >= 0.3 is 6.68 Å². The minimum atomic E-state index is -3.67. The molecule has 198 valence electrons. The van der Waals surface area contributed by atoms with Crippen molar-refractivity contribution in [2.24, 2.45) is 0 Å². The van der Waals surface area contributed by atoms with E-state index in [0.717, 1.165) is 15.6 Å². The van der Waals surface area contributed by atoms with Crippen molar-refractivity contribution in [2.45, 2.75) is 47.6 Å². The van der Waals surface area contributed by atoms with E-state index in [-0.39, 0.29) is 0 Å². The molecular weight excluding hydrogens is 513 g/mol. The molecule has 0 aliphatic rings. The Morgan fingerprint density at radius 1 is 1.19 bits per heavy atom. The van der Waals surface area contributed by atoms with E-state index in [1.54, 1.807) is 36.6 Å². The van der Waals surface area contributed by atoms with Gasteiger partial charge in [0.05, 0.1) is 46.0 Å². The van der Waals surface area contributed by atoms with Gasteiger partial charge < -0.3 is 14.2 Å². The van der Waals surface area contributed by atoms with Crippen LogP contribution < -0.4 is 4.74 Å². The number of nitriles is 1. The first-order valence-electron chi connectivity index (χ1n) is 10.7. The molecule has 0 spiro atoms. The largest absolute Gasteiger partial charge is 0.488 e. The normalized spacial score (nSPS) is 10.4. The van der Waals surface area contributed by atoms with Crippen LogP contribution in [0.25, 0.3) is 0 Å². The molecule has 0 amide bonds. The van der Waals surface area contributed by atoms with E-state index in [1.807, 2.05) is 26.0 Å². The maximum atomic E-state index is 9.67. The van der Waals surface area contributed by atoms with E-state index < -0.39 is 6.68 Å². The van der Waals surface area contributed by atoms with Crippen molar-refractivity contribution in [3.63, 3.8) is 0 Å². The maximum Gasteiger partial charge on any atom is 0.379 e. The van der Waals surface area contributed by atoms with Gasteiger partial charge in [-0.05, 0) is 39.8 Å². The number of methoxy groups -OCH3 is 1. The van der Waals surface area contributed by atoms with Gasteiger partial charge in [-0.25, -0.2) is 4.98 Å². The molecule has 0 N–H and O–H groups in total. The van der Waals surface area contributed by atoms with Crippen molar-refractivity contribution >= 4 is 22.9 Å². The number of rotatable bonds is 10. The summed E-state index contributed by atoms with van der Waals surface area (Å²) >= 11 is 7.58. The molecule has 1 heterocycles. The molecule has 0 aliphatic carbocycles. The third kappa shape index (κ3) is 16.1. The van der Waals surface area contributed by atoms with Gasteiger partial charge in [0.1, 0.15) is 18.4 Å². The van der Waals surface area contributed by atoms with Crippen LogP contribution in [-0.4, -0.2) is 32.0 Å². The number of thiazole rings is 1. The van der Waals surface area contributed by atoms with E-state index in [9.17, 15) is 13.2 Å². The number of aromatic nitrogens is 1. The van der Waals surface area contributed by atoms with Crippen molar-refractivity contribution < 1.29 is 27.4 Å². The number of ether oxygens (including phenoxy) is 3. The van der Waals surface area contributed by atoms with E-state index >= 15 is 0 Å². The van der Waals surface area contributed by atoms with Gasteiger partial charge in [0.15, 0.2) is 0 Å². The quantitative estimate of drug-likeness (QED) is 0.224. The monoisotopic (exact) mass is 544 g/mol. The molecule has 0 aliphatic heterocycles. The second-order valence-corrected chi connectivity index (χ2v) is 8.99. The van der Waals surface area contributed by atoms with Crippen molar-refractivity contribution in [1.82, 2.24) is 4.98 Å². The fourth-order valence-corrected chi connectivity index (χ4v) is 3.31. The highest BCUT2D eigenvalue weighted by Crippen LogP contribution is 2.25. The summed E-state index contributed by atoms with van der Waals surface area (Å²) in [6.45, 7) is 10.0. The molecule has 10 heteroatoms. The average Bonchev–Trinajstić information content (AvgIpc) is 3.18. The van der Waals surface area contributed by atoms with Crippen LogP contribution in [0.4, 0.5) is 13.2 Å². The molecule has 0 bridgehead atoms. The number of halogens is 4. The van der Waals surface area contributed by atoms with E-state index in [0.29, 0.717) is 42.8 Å². The van der Waals surface area contributed by atoms with Gasteiger partial charge in [0.2, 0.25) is 0 Å². The van der Waals surface area contributed by atoms with Crippen LogP contribution >= 0.6 is 22.9 Å². The van der Waals surface area contributed by atoms with Crippen molar-refractivity contribution in [2.75, 3.05) is 20.3 Å². The van der Waals surface area contributed by atoms with Crippen LogP contribution in [0.5, 0.6) is 5.75 Å². The van der Waals surface area contributed by atoms with Gasteiger partial charge in [0, 0.05) is 13.2 Å². The maximum absolute atomic E-state index is 9.67. The number of aryl methyl sites for hydroxylation is 1. The Kier molecular flexibility index (Phi) is 18.1. The fourth-order valence-electron chi connectivity index (χ4n) is 2.24. The standard InChI is InChI=1S/C16H17ClN2O3S.C9H14.CHF3/c1-11-19-15(9-21-6-5-20-2)16(23-11)10-22-13-4-3-12(8-18)14(17)7-13;1-5-9(4)7-6-8(2)3;2-1(3)4/h3-4,7H,5-6,9-10H2,1-2H3;5-7H,1H2,2-4H3;1H/b;9-7-;. The Morgan fingerprint density at radius 2 is 1.86 bits per heavy atom. The van der Waals surface area contributed by atoms with Gasteiger partial charge in [-0.15, -0.1) is 11.3 Å². The molecule has 2 aromatic rings. The molecule has 36 heavy (non-hydrogen) atoms. The first-order chi connectivity index (χ1) is 17.0. The summed E-state index contributed by atoms with van der Waals surface area (Å²) in [6, 6.07) is 7.03. The average molecular weight is 545 g/mol. The number of hydrogen-bond acceptors (Lipinski definition) is 6. The highest BCUT2D eigenvalue weighted by atomic mass is 35.5. The number of hydrogen-bond donors (Lipinski definition) is 0. The lowest BCUT2D eigenvalue weighted by molar-refractivity contribution is 0.00819. The smallest absolute Gasteiger partial charge is 0.379 e. The number of allylic oxidation sites excluding steroid dienone is 5. The van der Waals surface area contributed by atoms with Crippen LogP contribution in [-0.2, 0) is 22.7 Å². The summed E-state index contributed by atoms with van der Waals surface area (Å²) in [7, 11) is 1.64. The molecule has 0 saturated carbocycles. The highest BCUT2D eigenvalue weighted by molar-refractivity contribution is 7.11. The predicted molar refractivity (Wildman–Crippen MR) is 139 cm³/mol. The predicted octanol–water partition coefficient (Wildman–Crippen LogP) is 7.98. The van der Waals surface area contributed by atoms with Gasteiger partial charge in [0.25, 0.3) is 0 Å². The molecule has 0 saturated heterocycles. The van der Waals surface area contributed by atoms with Crippen LogP contribution in [0, 0.1) is 18.3 Å². The SMILES string of the molecule is C=C/C(C)=C\C=C(C)C.COCCOCc1nc(C)sc1COc1ccc(C#N)c(Cl)c1.FC(F)F. The number of benzene rings is 1. The lowest BCUT2D eigenvalue weighted by Crippen LogP contribution is -2.04. The molecular formula is C26H32ClF3N2O3S. The fraction of sp³-hybridized carbons (Fsp3) is 0.385. The lowest BCUT2D eigenvalue weighted by atomic mass is 10.2. The molecule has 5 nitrogen and oxygen atoms in total. The van der Waals surface area contributed by atoms with Gasteiger partial charge in [-0.3, -0.25) is 0 Å². The molecule has 0 unspecified atom stereocenters. The number of alkyl halides is 3. The topological polar surface area (TPSA) is 64.4 Å². The second-order valence-electron chi connectivity index (χ2n) is 7.30. The summed E-state index contributed by atoms with van der Waals surface area (Å²) < 4.78 is 45.2. The third-order valence-electron chi connectivity index (χ3n) is 3.99.